The fourth-order valence-electron chi connectivity index (χ4n) is 2.18. The van der Waals surface area contributed by atoms with Gasteiger partial charge in [-0.2, -0.15) is 8.78 Å². The number of amides is 2. The summed E-state index contributed by atoms with van der Waals surface area (Å²) in [6, 6.07) is 5.10. The highest BCUT2D eigenvalue weighted by Crippen LogP contribution is 2.15. The number of rotatable bonds is 8. The zero-order chi connectivity index (χ0) is 20.5. The number of esters is 2. The van der Waals surface area contributed by atoms with Crippen molar-refractivity contribution in [3.05, 3.63) is 47.2 Å². The van der Waals surface area contributed by atoms with Gasteiger partial charge in [0.2, 0.25) is 0 Å². The lowest BCUT2D eigenvalue weighted by Gasteiger charge is -2.20. The maximum absolute atomic E-state index is 12.1. The molecule has 0 saturated carbocycles. The van der Waals surface area contributed by atoms with Gasteiger partial charge in [-0.05, 0) is 30.7 Å². The molecule has 2 amide bonds. The molecule has 0 spiro atoms. The van der Waals surface area contributed by atoms with E-state index in [9.17, 15) is 23.2 Å². The van der Waals surface area contributed by atoms with E-state index in [1.807, 2.05) is 0 Å². The Morgan fingerprint density at radius 3 is 2.57 bits per heavy atom. The molecule has 28 heavy (non-hydrogen) atoms. The van der Waals surface area contributed by atoms with Crippen molar-refractivity contribution in [3.8, 4) is 5.75 Å². The maximum Gasteiger partial charge on any atom is 0.387 e. The zero-order valence-corrected chi connectivity index (χ0v) is 14.9. The molecule has 0 aliphatic carbocycles. The highest BCUT2D eigenvalue weighted by atomic mass is 19.3. The number of carbonyl (C=O) groups excluding carboxylic acids is 3. The first-order chi connectivity index (χ1) is 13.4. The Balaban J connectivity index is 1.95. The lowest BCUT2D eigenvalue weighted by molar-refractivity contribution is -0.140. The molecule has 1 heterocycles. The standard InChI is InChI=1S/C18H18F2N2O6/c1-2-26-16(24)13-9-21-18(25)22-14(13)10-27-15(23)8-5-11-3-6-12(7-4-11)28-17(19)20/h3-8,17H,2,9-10H2,1H3,(H2,21,22,25)/b8-5+. The average molecular weight is 396 g/mol. The smallest absolute Gasteiger partial charge is 0.387 e. The molecule has 0 saturated heterocycles. The van der Waals surface area contributed by atoms with Gasteiger partial charge < -0.3 is 24.8 Å². The Bertz CT molecular complexity index is 790. The second kappa shape index (κ2) is 10.0. The van der Waals surface area contributed by atoms with E-state index in [0.29, 0.717) is 5.56 Å². The zero-order valence-electron chi connectivity index (χ0n) is 14.9. The van der Waals surface area contributed by atoms with Gasteiger partial charge in [0.05, 0.1) is 24.4 Å². The van der Waals surface area contributed by atoms with E-state index >= 15 is 0 Å². The van der Waals surface area contributed by atoms with Gasteiger partial charge in [0.25, 0.3) is 0 Å². The summed E-state index contributed by atoms with van der Waals surface area (Å²) in [6.45, 7) is -1.48. The van der Waals surface area contributed by atoms with Crippen LogP contribution in [-0.2, 0) is 19.1 Å². The number of urea groups is 1. The van der Waals surface area contributed by atoms with E-state index in [-0.39, 0.29) is 36.8 Å². The molecular weight excluding hydrogens is 378 g/mol. The summed E-state index contributed by atoms with van der Waals surface area (Å²) in [5.74, 6) is -1.35. The molecule has 0 atom stereocenters. The summed E-state index contributed by atoms with van der Waals surface area (Å²) < 4.78 is 38.3. The normalized spacial score (nSPS) is 13.9. The third-order valence-corrected chi connectivity index (χ3v) is 3.45. The molecule has 0 bridgehead atoms. The Labute approximate surface area is 159 Å². The van der Waals surface area contributed by atoms with E-state index in [4.69, 9.17) is 9.47 Å². The Hall–Kier alpha value is -3.43. The quantitative estimate of drug-likeness (QED) is 0.515. The van der Waals surface area contributed by atoms with Crippen molar-refractivity contribution in [3.63, 3.8) is 0 Å². The molecule has 0 radical (unpaired) electrons. The minimum Gasteiger partial charge on any atom is -0.463 e. The minimum absolute atomic E-state index is 0.00481. The van der Waals surface area contributed by atoms with Crippen LogP contribution in [0.2, 0.25) is 0 Å². The van der Waals surface area contributed by atoms with Gasteiger partial charge in [0.15, 0.2) is 0 Å². The van der Waals surface area contributed by atoms with Gasteiger partial charge in [-0.1, -0.05) is 12.1 Å². The van der Waals surface area contributed by atoms with Gasteiger partial charge in [-0.15, -0.1) is 0 Å². The monoisotopic (exact) mass is 396 g/mol. The summed E-state index contributed by atoms with van der Waals surface area (Å²) in [5, 5.41) is 4.84. The van der Waals surface area contributed by atoms with E-state index in [0.717, 1.165) is 6.08 Å². The molecule has 0 fully saturated rings. The molecule has 150 valence electrons. The molecular formula is C18H18F2N2O6. The minimum atomic E-state index is -2.92. The fraction of sp³-hybridized carbons (Fsp3) is 0.278. The predicted octanol–water partition coefficient (Wildman–Crippen LogP) is 1.97. The molecule has 8 nitrogen and oxygen atoms in total. The van der Waals surface area contributed by atoms with Crippen LogP contribution < -0.4 is 15.4 Å². The highest BCUT2D eigenvalue weighted by Gasteiger charge is 2.24. The molecule has 1 aromatic carbocycles. The molecule has 0 unspecified atom stereocenters. The average Bonchev–Trinajstić information content (AvgIpc) is 2.65. The van der Waals surface area contributed by atoms with E-state index < -0.39 is 24.6 Å². The highest BCUT2D eigenvalue weighted by molar-refractivity contribution is 5.94. The molecule has 0 aromatic heterocycles. The Morgan fingerprint density at radius 2 is 1.93 bits per heavy atom. The van der Waals surface area contributed by atoms with Crippen LogP contribution in [0.15, 0.2) is 41.6 Å². The van der Waals surface area contributed by atoms with Crippen molar-refractivity contribution in [1.82, 2.24) is 10.6 Å². The van der Waals surface area contributed by atoms with E-state index in [1.54, 1.807) is 6.92 Å². The number of nitrogens with one attached hydrogen (secondary N) is 2. The largest absolute Gasteiger partial charge is 0.463 e. The lowest BCUT2D eigenvalue weighted by atomic mass is 10.1. The number of alkyl halides is 2. The number of hydrogen-bond donors (Lipinski definition) is 2. The third kappa shape index (κ3) is 6.38. The SMILES string of the molecule is CCOC(=O)C1=C(COC(=O)/C=C/c2ccc(OC(F)F)cc2)NC(=O)NC1. The molecule has 2 rings (SSSR count). The van der Waals surface area contributed by atoms with Crippen molar-refractivity contribution >= 4 is 24.0 Å². The van der Waals surface area contributed by atoms with E-state index in [1.165, 1.54) is 30.3 Å². The number of halogens is 2. The first-order valence-corrected chi connectivity index (χ1v) is 8.22. The maximum atomic E-state index is 12.1. The van der Waals surface area contributed by atoms with Gasteiger partial charge in [0, 0.05) is 6.08 Å². The van der Waals surface area contributed by atoms with Crippen molar-refractivity contribution in [2.45, 2.75) is 13.5 Å². The first kappa shape index (κ1) is 20.9. The second-order valence-electron chi connectivity index (χ2n) is 5.37. The molecule has 10 heteroatoms. The summed E-state index contributed by atoms with van der Waals surface area (Å²) in [5.41, 5.74) is 0.852. The number of hydrogen-bond acceptors (Lipinski definition) is 6. The molecule has 1 aliphatic heterocycles. The summed E-state index contributed by atoms with van der Waals surface area (Å²) in [4.78, 5) is 35.2. The van der Waals surface area contributed by atoms with Gasteiger partial charge in [-0.25, -0.2) is 14.4 Å². The Kier molecular flexibility index (Phi) is 7.49. The number of ether oxygens (including phenoxy) is 3. The third-order valence-electron chi connectivity index (χ3n) is 3.45. The topological polar surface area (TPSA) is 103 Å². The summed E-state index contributed by atoms with van der Waals surface area (Å²) in [6.07, 6.45) is 2.53. The predicted molar refractivity (Wildman–Crippen MR) is 93.3 cm³/mol. The number of carbonyl (C=O) groups is 3. The van der Waals surface area contributed by atoms with Gasteiger partial charge in [0.1, 0.15) is 12.4 Å². The molecule has 1 aliphatic rings. The van der Waals surface area contributed by atoms with Gasteiger partial charge >= 0.3 is 24.6 Å². The van der Waals surface area contributed by atoms with Crippen molar-refractivity contribution in [2.24, 2.45) is 0 Å². The van der Waals surface area contributed by atoms with Crippen LogP contribution in [0.25, 0.3) is 6.08 Å². The molecule has 2 N–H and O–H groups in total. The van der Waals surface area contributed by atoms with Crippen LogP contribution in [0.4, 0.5) is 13.6 Å². The van der Waals surface area contributed by atoms with Gasteiger partial charge in [-0.3, -0.25) is 0 Å². The summed E-state index contributed by atoms with van der Waals surface area (Å²) in [7, 11) is 0. The summed E-state index contributed by atoms with van der Waals surface area (Å²) >= 11 is 0. The molecule has 1 aromatic rings. The van der Waals surface area contributed by atoms with Crippen LogP contribution >= 0.6 is 0 Å². The van der Waals surface area contributed by atoms with Crippen LogP contribution in [-0.4, -0.2) is 44.3 Å². The second-order valence-corrected chi connectivity index (χ2v) is 5.37. The van der Waals surface area contributed by atoms with Crippen LogP contribution in [0.5, 0.6) is 5.75 Å². The van der Waals surface area contributed by atoms with Crippen LogP contribution in [0, 0.1) is 0 Å². The van der Waals surface area contributed by atoms with E-state index in [2.05, 4.69) is 15.4 Å². The van der Waals surface area contributed by atoms with Crippen molar-refractivity contribution < 1.29 is 37.4 Å². The number of benzene rings is 1. The van der Waals surface area contributed by atoms with Crippen LogP contribution in [0.3, 0.4) is 0 Å². The van der Waals surface area contributed by atoms with Crippen molar-refractivity contribution in [1.29, 1.82) is 0 Å². The first-order valence-electron chi connectivity index (χ1n) is 8.22. The fourth-order valence-corrected chi connectivity index (χ4v) is 2.18. The van der Waals surface area contributed by atoms with Crippen LogP contribution in [0.1, 0.15) is 12.5 Å². The Morgan fingerprint density at radius 1 is 1.21 bits per heavy atom. The van der Waals surface area contributed by atoms with Crippen molar-refractivity contribution in [2.75, 3.05) is 19.8 Å². The lowest BCUT2D eigenvalue weighted by Crippen LogP contribution is -2.45.